The van der Waals surface area contributed by atoms with E-state index in [9.17, 15) is 14.4 Å². The van der Waals surface area contributed by atoms with Gasteiger partial charge in [0.1, 0.15) is 11.5 Å². The maximum absolute atomic E-state index is 12.0. The Labute approximate surface area is 173 Å². The van der Waals surface area contributed by atoms with Crippen molar-refractivity contribution in [3.8, 4) is 11.5 Å². The van der Waals surface area contributed by atoms with Gasteiger partial charge in [-0.2, -0.15) is 0 Å². The Morgan fingerprint density at radius 3 is 1.97 bits per heavy atom. The molecular weight excluding hydrogens is 391 g/mol. The molecule has 7 heteroatoms. The summed E-state index contributed by atoms with van der Waals surface area (Å²) in [6.07, 6.45) is 1.20. The predicted molar refractivity (Wildman–Crippen MR) is 114 cm³/mol. The number of aryl methyl sites for hydroxylation is 2. The van der Waals surface area contributed by atoms with Gasteiger partial charge in [0.15, 0.2) is 6.79 Å². The number of methoxy groups -OCH3 is 1. The average Bonchev–Trinajstić information content (AvgIpc) is 2.67. The van der Waals surface area contributed by atoms with Gasteiger partial charge in [0.2, 0.25) is 5.34 Å². The Bertz CT molecular complexity index is 829. The van der Waals surface area contributed by atoms with E-state index >= 15 is 0 Å². The molecule has 2 N–H and O–H groups in total. The lowest BCUT2D eigenvalue weighted by molar-refractivity contribution is 0.0511. The second-order valence-corrected chi connectivity index (χ2v) is 9.11. The zero-order valence-corrected chi connectivity index (χ0v) is 18.7. The van der Waals surface area contributed by atoms with Gasteiger partial charge in [0.25, 0.3) is 0 Å². The van der Waals surface area contributed by atoms with Crippen LogP contribution in [0.15, 0.2) is 36.4 Å². The highest BCUT2D eigenvalue weighted by Gasteiger charge is 2.46. The number of hydrogen-bond acceptors (Lipinski definition) is 4. The lowest BCUT2D eigenvalue weighted by Crippen LogP contribution is -2.34. The summed E-state index contributed by atoms with van der Waals surface area (Å²) < 4.78 is 28.3. The van der Waals surface area contributed by atoms with Crippen LogP contribution < -0.4 is 9.47 Å². The van der Waals surface area contributed by atoms with Crippen molar-refractivity contribution in [2.75, 3.05) is 13.9 Å². The third-order valence-electron chi connectivity index (χ3n) is 5.26. The molecule has 0 bridgehead atoms. The zero-order valence-electron chi connectivity index (χ0n) is 17.8. The molecule has 29 heavy (non-hydrogen) atoms. The van der Waals surface area contributed by atoms with E-state index in [0.717, 1.165) is 34.4 Å². The van der Waals surface area contributed by atoms with E-state index in [-0.39, 0.29) is 19.6 Å². The smallest absolute Gasteiger partial charge is 0.368 e. The van der Waals surface area contributed by atoms with Crippen LogP contribution in [0.5, 0.6) is 11.5 Å². The van der Waals surface area contributed by atoms with E-state index in [0.29, 0.717) is 5.75 Å². The van der Waals surface area contributed by atoms with Crippen LogP contribution in [0.1, 0.15) is 48.9 Å². The minimum atomic E-state index is -4.43. The molecule has 0 unspecified atom stereocenters. The summed E-state index contributed by atoms with van der Waals surface area (Å²) >= 11 is 0. The fourth-order valence-corrected chi connectivity index (χ4v) is 4.46. The normalized spacial score (nSPS) is 12.1. The van der Waals surface area contributed by atoms with Gasteiger partial charge < -0.3 is 24.0 Å². The molecule has 0 spiro atoms. The highest BCUT2D eigenvalue weighted by molar-refractivity contribution is 7.53. The van der Waals surface area contributed by atoms with Crippen molar-refractivity contribution in [2.45, 2.75) is 52.3 Å². The molecule has 0 aliphatic rings. The van der Waals surface area contributed by atoms with Crippen molar-refractivity contribution < 1.29 is 28.6 Å². The van der Waals surface area contributed by atoms with Crippen LogP contribution in [-0.4, -0.2) is 29.0 Å². The summed E-state index contributed by atoms with van der Waals surface area (Å²) in [6, 6.07) is 11.6. The number of ether oxygens (including phenoxy) is 3. The molecule has 0 aliphatic heterocycles. The lowest BCUT2D eigenvalue weighted by Gasteiger charge is -2.33. The summed E-state index contributed by atoms with van der Waals surface area (Å²) in [7, 11) is -2.84. The molecule has 160 valence electrons. The Morgan fingerprint density at radius 2 is 1.52 bits per heavy atom. The fourth-order valence-electron chi connectivity index (χ4n) is 3.41. The maximum atomic E-state index is 12.0. The van der Waals surface area contributed by atoms with E-state index in [2.05, 4.69) is 0 Å². The van der Waals surface area contributed by atoms with Crippen LogP contribution in [-0.2, 0) is 15.7 Å². The first-order chi connectivity index (χ1) is 13.7. The van der Waals surface area contributed by atoms with Crippen LogP contribution >= 0.6 is 7.60 Å². The van der Waals surface area contributed by atoms with Crippen LogP contribution in [0.3, 0.4) is 0 Å². The first-order valence-electron chi connectivity index (χ1n) is 9.71. The Kier molecular flexibility index (Phi) is 7.89. The van der Waals surface area contributed by atoms with Crippen molar-refractivity contribution in [3.05, 3.63) is 58.7 Å². The molecule has 0 saturated carbocycles. The van der Waals surface area contributed by atoms with Crippen LogP contribution in [0.4, 0.5) is 0 Å². The molecular formula is C22H31O6P. The largest absolute Gasteiger partial charge is 0.475 e. The molecule has 0 fully saturated rings. The van der Waals surface area contributed by atoms with Gasteiger partial charge in [0.05, 0.1) is 0 Å². The van der Waals surface area contributed by atoms with Gasteiger partial charge >= 0.3 is 7.60 Å². The van der Waals surface area contributed by atoms with Gasteiger partial charge in [-0.25, -0.2) is 0 Å². The van der Waals surface area contributed by atoms with Crippen molar-refractivity contribution in [3.63, 3.8) is 0 Å². The highest BCUT2D eigenvalue weighted by Crippen LogP contribution is 2.55. The Morgan fingerprint density at radius 1 is 0.966 bits per heavy atom. The number of benzene rings is 2. The molecule has 2 aromatic carbocycles. The van der Waals surface area contributed by atoms with Gasteiger partial charge in [-0.1, -0.05) is 26.0 Å². The van der Waals surface area contributed by atoms with Crippen LogP contribution in [0, 0.1) is 13.8 Å². The van der Waals surface area contributed by atoms with Crippen molar-refractivity contribution >= 4 is 7.60 Å². The molecule has 0 atom stereocenters. The summed E-state index contributed by atoms with van der Waals surface area (Å²) in [6.45, 7) is 7.66. The van der Waals surface area contributed by atoms with Crippen molar-refractivity contribution in [1.29, 1.82) is 0 Å². The second-order valence-electron chi connectivity index (χ2n) is 7.21. The minimum absolute atomic E-state index is 0.213. The van der Waals surface area contributed by atoms with Gasteiger partial charge in [-0.05, 0) is 79.6 Å². The average molecular weight is 422 g/mol. The minimum Gasteiger partial charge on any atom is -0.475 e. The predicted octanol–water partition coefficient (Wildman–Crippen LogP) is 4.95. The lowest BCUT2D eigenvalue weighted by atomic mass is 9.95. The topological polar surface area (TPSA) is 85.2 Å². The standard InChI is InChI=1S/C22H31O6P/c1-6-22(7-2,29(23,24)25)28-20-12-16(3)21(17(4)13-20)14-18-8-10-19(11-9-18)27-15-26-5/h8-13H,6-7,14-15H2,1-5H3,(H2,23,24,25). The molecule has 0 heterocycles. The first kappa shape index (κ1) is 23.4. The van der Waals surface area contributed by atoms with E-state index in [4.69, 9.17) is 14.2 Å². The maximum Gasteiger partial charge on any atom is 0.368 e. The third kappa shape index (κ3) is 5.61. The summed E-state index contributed by atoms with van der Waals surface area (Å²) in [5.41, 5.74) is 4.34. The summed E-state index contributed by atoms with van der Waals surface area (Å²) in [4.78, 5) is 19.6. The number of rotatable bonds is 10. The zero-order chi connectivity index (χ0) is 21.7. The van der Waals surface area contributed by atoms with E-state index in [1.165, 1.54) is 0 Å². The Balaban J connectivity index is 2.24. The van der Waals surface area contributed by atoms with E-state index in [1.54, 1.807) is 21.0 Å². The quantitative estimate of drug-likeness (QED) is 0.416. The Hall–Kier alpha value is -1.85. The van der Waals surface area contributed by atoms with Crippen LogP contribution in [0.25, 0.3) is 0 Å². The van der Waals surface area contributed by atoms with E-state index in [1.807, 2.05) is 50.2 Å². The van der Waals surface area contributed by atoms with E-state index < -0.39 is 12.9 Å². The van der Waals surface area contributed by atoms with Crippen molar-refractivity contribution in [2.24, 2.45) is 0 Å². The summed E-state index contributed by atoms with van der Waals surface area (Å²) in [5, 5.41) is -1.49. The van der Waals surface area contributed by atoms with Gasteiger partial charge in [0, 0.05) is 7.11 Å². The highest BCUT2D eigenvalue weighted by atomic mass is 31.2. The molecule has 0 radical (unpaired) electrons. The van der Waals surface area contributed by atoms with Gasteiger partial charge in [-0.15, -0.1) is 0 Å². The summed E-state index contributed by atoms with van der Waals surface area (Å²) in [5.74, 6) is 1.24. The molecule has 6 nitrogen and oxygen atoms in total. The molecule has 2 aromatic rings. The number of hydrogen-bond donors (Lipinski definition) is 2. The second kappa shape index (κ2) is 9.77. The molecule has 2 rings (SSSR count). The SMILES string of the molecule is CCC(CC)(Oc1cc(C)c(Cc2ccc(OCOC)cc2)c(C)c1)P(=O)(O)O. The molecule has 0 saturated heterocycles. The van der Waals surface area contributed by atoms with Gasteiger partial charge in [-0.3, -0.25) is 4.57 Å². The third-order valence-corrected chi connectivity index (χ3v) is 7.05. The first-order valence-corrected chi connectivity index (χ1v) is 11.3. The molecule has 0 amide bonds. The molecule has 0 aromatic heterocycles. The van der Waals surface area contributed by atoms with Crippen molar-refractivity contribution in [1.82, 2.24) is 0 Å². The van der Waals surface area contributed by atoms with Crippen LogP contribution in [0.2, 0.25) is 0 Å². The monoisotopic (exact) mass is 422 g/mol. The fraction of sp³-hybridized carbons (Fsp3) is 0.455. The molecule has 0 aliphatic carbocycles.